The summed E-state index contributed by atoms with van der Waals surface area (Å²) in [5.74, 6) is 0.320. The minimum absolute atomic E-state index is 0. The van der Waals surface area contributed by atoms with E-state index in [1.807, 2.05) is 0 Å². The van der Waals surface area contributed by atoms with Crippen molar-refractivity contribution in [3.05, 3.63) is 0 Å². The van der Waals surface area contributed by atoms with Crippen LogP contribution in [0.2, 0.25) is 0 Å². The van der Waals surface area contributed by atoms with Gasteiger partial charge in [-0.15, -0.1) is 0 Å². The van der Waals surface area contributed by atoms with E-state index in [0.29, 0.717) is 0 Å². The molecule has 110 valence electrons. The first-order chi connectivity index (χ1) is 8.05. The second-order valence-corrected chi connectivity index (χ2v) is 8.88. The summed E-state index contributed by atoms with van der Waals surface area (Å²) in [6.45, 7) is 0. The molecule has 0 amide bonds. The van der Waals surface area contributed by atoms with Crippen molar-refractivity contribution >= 4 is 41.8 Å². The van der Waals surface area contributed by atoms with E-state index in [1.165, 1.54) is 0 Å². The molecule has 2 atom stereocenters. The molecule has 0 rings (SSSR count). The van der Waals surface area contributed by atoms with Crippen LogP contribution < -0.4 is 59.1 Å². The first-order valence-electron chi connectivity index (χ1n) is 4.55. The van der Waals surface area contributed by atoms with E-state index in [1.54, 1.807) is 0 Å². The Labute approximate surface area is 170 Å². The van der Waals surface area contributed by atoms with Crippen molar-refractivity contribution in [1.29, 1.82) is 0 Å². The zero-order valence-electron chi connectivity index (χ0n) is 11.0. The largest absolute Gasteiger partial charge is 1.00 e. The third-order valence-corrected chi connectivity index (χ3v) is 5.92. The van der Waals surface area contributed by atoms with Crippen molar-refractivity contribution in [3.63, 3.8) is 0 Å². The van der Waals surface area contributed by atoms with Crippen LogP contribution in [0.15, 0.2) is 0 Å². The first-order valence-corrected chi connectivity index (χ1v) is 9.98. The average molecular weight is 386 g/mol. The van der Waals surface area contributed by atoms with Crippen molar-refractivity contribution < 1.29 is 95.3 Å². The van der Waals surface area contributed by atoms with Crippen LogP contribution in [0.3, 0.4) is 0 Å². The fourth-order valence-corrected chi connectivity index (χ4v) is 3.97. The Bertz CT molecular complexity index is 396. The Morgan fingerprint density at radius 1 is 0.800 bits per heavy atom. The molecule has 0 aromatic rings. The van der Waals surface area contributed by atoms with Crippen molar-refractivity contribution in [3.8, 4) is 0 Å². The molecule has 0 aromatic carbocycles. The van der Waals surface area contributed by atoms with Crippen LogP contribution in [0, 0.1) is 0 Å². The Hall–Kier alpha value is 2.44. The quantitative estimate of drug-likeness (QED) is 0.169. The molecular weight excluding hydrogens is 374 g/mol. The first kappa shape index (κ1) is 27.3. The van der Waals surface area contributed by atoms with Gasteiger partial charge < -0.3 is 19.3 Å². The molecule has 8 nitrogen and oxygen atoms in total. The standard InChI is InChI=1S/C6H14O8S4.2Na/c7-5(17(9,10)11)1-3-15-16-4-2-6(8)18(12,13)14;;/h5-8H,1-4H2,(H,9,10,11)(H,12,13,14);;/q;2*+1/p-2. The average Bonchev–Trinajstić information content (AvgIpc) is 2.19. The molecular formula is C6H12Na2O8S4. The van der Waals surface area contributed by atoms with Gasteiger partial charge in [0.1, 0.15) is 31.1 Å². The zero-order chi connectivity index (χ0) is 14.4. The minimum Gasteiger partial charge on any atom is -0.746 e. The van der Waals surface area contributed by atoms with Gasteiger partial charge in [0, 0.05) is 11.5 Å². The molecule has 20 heavy (non-hydrogen) atoms. The second-order valence-electron chi connectivity index (χ2n) is 3.12. The molecule has 0 aromatic heterocycles. The third kappa shape index (κ3) is 14.1. The molecule has 0 spiro atoms. The van der Waals surface area contributed by atoms with Crippen LogP contribution in [-0.4, -0.2) is 58.5 Å². The van der Waals surface area contributed by atoms with Crippen LogP contribution in [0.5, 0.6) is 0 Å². The summed E-state index contributed by atoms with van der Waals surface area (Å²) in [5, 5.41) is 17.7. The number of rotatable bonds is 9. The molecule has 0 aliphatic rings. The normalized spacial score (nSPS) is 14.8. The summed E-state index contributed by atoms with van der Waals surface area (Å²) in [4.78, 5) is 0. The molecule has 0 fully saturated rings. The van der Waals surface area contributed by atoms with E-state index in [2.05, 4.69) is 0 Å². The Morgan fingerprint density at radius 3 is 1.25 bits per heavy atom. The summed E-state index contributed by atoms with van der Waals surface area (Å²) in [6.07, 6.45) is -0.488. The predicted molar refractivity (Wildman–Crippen MR) is 65.6 cm³/mol. The summed E-state index contributed by atoms with van der Waals surface area (Å²) in [7, 11) is -7.22. The van der Waals surface area contributed by atoms with Gasteiger partial charge in [-0.25, -0.2) is 16.8 Å². The second kappa shape index (κ2) is 12.8. The van der Waals surface area contributed by atoms with Crippen molar-refractivity contribution in [2.75, 3.05) is 11.5 Å². The van der Waals surface area contributed by atoms with Gasteiger partial charge in [0.2, 0.25) is 0 Å². The Kier molecular flexibility index (Phi) is 17.5. The monoisotopic (exact) mass is 386 g/mol. The van der Waals surface area contributed by atoms with Crippen LogP contribution in [-0.2, 0) is 20.2 Å². The minimum atomic E-state index is -4.71. The van der Waals surface area contributed by atoms with Crippen LogP contribution >= 0.6 is 21.6 Å². The molecule has 2 N–H and O–H groups in total. The molecule has 0 radical (unpaired) electrons. The van der Waals surface area contributed by atoms with Gasteiger partial charge >= 0.3 is 59.1 Å². The van der Waals surface area contributed by atoms with E-state index in [-0.39, 0.29) is 83.5 Å². The van der Waals surface area contributed by atoms with Gasteiger partial charge in [-0.05, 0) is 12.8 Å². The molecule has 14 heteroatoms. The number of hydrogen-bond acceptors (Lipinski definition) is 10. The van der Waals surface area contributed by atoms with Crippen molar-refractivity contribution in [2.45, 2.75) is 23.7 Å². The zero-order valence-corrected chi connectivity index (χ0v) is 18.2. The van der Waals surface area contributed by atoms with Gasteiger partial charge in [-0.2, -0.15) is 0 Å². The molecule has 0 saturated carbocycles. The van der Waals surface area contributed by atoms with Gasteiger partial charge in [0.05, 0.1) is 0 Å². The Morgan fingerprint density at radius 2 is 1.05 bits per heavy atom. The van der Waals surface area contributed by atoms with Gasteiger partial charge in [0.25, 0.3) is 0 Å². The fraction of sp³-hybridized carbons (Fsp3) is 1.00. The molecule has 0 aliphatic heterocycles. The van der Waals surface area contributed by atoms with E-state index in [4.69, 9.17) is 10.2 Å². The maximum absolute atomic E-state index is 10.3. The van der Waals surface area contributed by atoms with Gasteiger partial charge in [0.15, 0.2) is 0 Å². The number of aliphatic hydroxyl groups excluding tert-OH is 2. The molecule has 0 heterocycles. The maximum Gasteiger partial charge on any atom is 1.00 e. The third-order valence-electron chi connectivity index (χ3n) is 1.65. The van der Waals surface area contributed by atoms with E-state index < -0.39 is 31.1 Å². The van der Waals surface area contributed by atoms with E-state index in [9.17, 15) is 25.9 Å². The summed E-state index contributed by atoms with van der Waals surface area (Å²) in [6, 6.07) is 0. The van der Waals surface area contributed by atoms with E-state index in [0.717, 1.165) is 21.6 Å². The number of hydrogen-bond donors (Lipinski definition) is 2. The molecule has 0 aliphatic carbocycles. The summed E-state index contributed by atoms with van der Waals surface area (Å²) < 4.78 is 61.8. The van der Waals surface area contributed by atoms with Crippen molar-refractivity contribution in [2.24, 2.45) is 0 Å². The van der Waals surface area contributed by atoms with Crippen LogP contribution in [0.1, 0.15) is 12.8 Å². The Balaban J connectivity index is -0.00000144. The summed E-state index contributed by atoms with van der Waals surface area (Å²) >= 11 is 0. The molecule has 0 bridgehead atoms. The van der Waals surface area contributed by atoms with Crippen LogP contribution in [0.4, 0.5) is 0 Å². The SMILES string of the molecule is O=S(=O)([O-])C(O)CCSSCCC(O)S(=O)(=O)[O-].[Na+].[Na+]. The van der Waals surface area contributed by atoms with E-state index >= 15 is 0 Å². The smallest absolute Gasteiger partial charge is 0.746 e. The molecule has 2 unspecified atom stereocenters. The van der Waals surface area contributed by atoms with Crippen molar-refractivity contribution in [1.82, 2.24) is 0 Å². The maximum atomic E-state index is 10.3. The number of aliphatic hydroxyl groups is 2. The fourth-order valence-electron chi connectivity index (χ4n) is 0.704. The van der Waals surface area contributed by atoms with Gasteiger partial charge in [-0.1, -0.05) is 21.6 Å². The predicted octanol–water partition coefficient (Wildman–Crippen LogP) is -7.12. The van der Waals surface area contributed by atoms with Crippen LogP contribution in [0.25, 0.3) is 0 Å². The molecule has 0 saturated heterocycles. The van der Waals surface area contributed by atoms with Gasteiger partial charge in [-0.3, -0.25) is 0 Å². The summed E-state index contributed by atoms with van der Waals surface area (Å²) in [5.41, 5.74) is -3.92. The topological polar surface area (TPSA) is 155 Å².